The molecule has 0 bridgehead atoms. The minimum atomic E-state index is -0.773. The van der Waals surface area contributed by atoms with Crippen LogP contribution in [0.3, 0.4) is 0 Å². The van der Waals surface area contributed by atoms with Gasteiger partial charge in [0.1, 0.15) is 0 Å². The van der Waals surface area contributed by atoms with Crippen LogP contribution in [0.15, 0.2) is 36.5 Å². The van der Waals surface area contributed by atoms with Crippen LogP contribution in [0.5, 0.6) is 5.75 Å². The highest BCUT2D eigenvalue weighted by molar-refractivity contribution is 6.32. The zero-order valence-corrected chi connectivity index (χ0v) is 22.0. The lowest BCUT2D eigenvalue weighted by Crippen LogP contribution is -2.44. The van der Waals surface area contributed by atoms with Crippen LogP contribution in [0.2, 0.25) is 5.02 Å². The topological polar surface area (TPSA) is 77.5 Å². The number of carbonyl (C=O) groups is 1. The fourth-order valence-electron chi connectivity index (χ4n) is 5.63. The Hall–Kier alpha value is -2.74. The number of aromatic nitrogens is 1. The lowest BCUT2D eigenvalue weighted by molar-refractivity contribution is 0.101. The van der Waals surface area contributed by atoms with Crippen molar-refractivity contribution in [1.82, 2.24) is 15.2 Å². The molecule has 1 saturated heterocycles. The Labute approximate surface area is 222 Å². The number of hydrogen-bond acceptors (Lipinski definition) is 6. The molecule has 1 saturated carbocycles. The van der Waals surface area contributed by atoms with Gasteiger partial charge in [-0.05, 0) is 86.9 Å². The first kappa shape index (κ1) is 25.9. The van der Waals surface area contributed by atoms with Crippen molar-refractivity contribution in [1.29, 1.82) is 0 Å². The summed E-state index contributed by atoms with van der Waals surface area (Å²) in [6.45, 7) is 7.20. The summed E-state index contributed by atoms with van der Waals surface area (Å²) >= 11 is 6.03. The van der Waals surface area contributed by atoms with Gasteiger partial charge >= 0.3 is 0 Å². The molecule has 2 fully saturated rings. The van der Waals surface area contributed by atoms with E-state index in [-0.39, 0.29) is 16.8 Å². The maximum Gasteiger partial charge on any atom is 0.170 e. The minimum Gasteiger partial charge on any atom is -0.504 e. The molecule has 1 aromatic heterocycles. The van der Waals surface area contributed by atoms with Crippen LogP contribution in [0, 0.1) is 11.7 Å². The van der Waals surface area contributed by atoms with Gasteiger partial charge < -0.3 is 20.6 Å². The van der Waals surface area contributed by atoms with Crippen molar-refractivity contribution >= 4 is 34.0 Å². The van der Waals surface area contributed by atoms with Crippen LogP contribution in [0.1, 0.15) is 49.4 Å². The van der Waals surface area contributed by atoms with E-state index in [4.69, 9.17) is 11.6 Å². The predicted molar refractivity (Wildman–Crippen MR) is 147 cm³/mol. The summed E-state index contributed by atoms with van der Waals surface area (Å²) < 4.78 is 14.2. The quantitative estimate of drug-likeness (QED) is 0.336. The monoisotopic (exact) mass is 524 g/mol. The number of piperazine rings is 1. The van der Waals surface area contributed by atoms with Crippen molar-refractivity contribution in [2.45, 2.75) is 45.1 Å². The van der Waals surface area contributed by atoms with Crippen LogP contribution in [0.25, 0.3) is 22.0 Å². The number of nitrogens with zero attached hydrogens (tertiary/aromatic N) is 2. The summed E-state index contributed by atoms with van der Waals surface area (Å²) in [5.41, 5.74) is 3.38. The van der Waals surface area contributed by atoms with E-state index in [2.05, 4.69) is 20.5 Å². The van der Waals surface area contributed by atoms with Gasteiger partial charge in [-0.3, -0.25) is 9.78 Å². The third kappa shape index (κ3) is 5.89. The van der Waals surface area contributed by atoms with Crippen molar-refractivity contribution in [3.05, 3.63) is 52.9 Å². The molecular weight excluding hydrogens is 491 g/mol. The van der Waals surface area contributed by atoms with Crippen molar-refractivity contribution in [3.63, 3.8) is 0 Å². The molecule has 0 amide bonds. The number of aromatic hydroxyl groups is 1. The van der Waals surface area contributed by atoms with E-state index in [1.165, 1.54) is 37.9 Å². The van der Waals surface area contributed by atoms with Gasteiger partial charge in [0, 0.05) is 43.8 Å². The molecular formula is C29H34ClFN4O2. The van der Waals surface area contributed by atoms with Crippen LogP contribution in [-0.4, -0.2) is 59.5 Å². The van der Waals surface area contributed by atoms with Crippen LogP contribution in [-0.2, 0) is 0 Å². The predicted octanol–water partition coefficient (Wildman–Crippen LogP) is 5.87. The standard InChI is InChI=1S/C29H34ClFN4O2/c1-18(36)24-17-33-27-7-4-20(21-15-25(30)29(37)26(31)16-21)14-23(27)28(24)34-22-5-2-19(3-6-22)8-11-35-12-9-32-10-13-35/h4,7,14-17,19,22,32,37H,2-3,5-6,8-13H2,1H3,(H,33,34). The van der Waals surface area contributed by atoms with Gasteiger partial charge in [-0.15, -0.1) is 0 Å². The molecule has 0 spiro atoms. The van der Waals surface area contributed by atoms with Gasteiger partial charge in [-0.25, -0.2) is 4.39 Å². The molecule has 196 valence electrons. The molecule has 2 heterocycles. The molecule has 1 aliphatic heterocycles. The van der Waals surface area contributed by atoms with Gasteiger partial charge in [-0.2, -0.15) is 0 Å². The highest BCUT2D eigenvalue weighted by Gasteiger charge is 2.24. The van der Waals surface area contributed by atoms with Crippen molar-refractivity contribution in [2.75, 3.05) is 38.0 Å². The molecule has 3 N–H and O–H groups in total. The number of hydrogen-bond donors (Lipinski definition) is 3. The van der Waals surface area contributed by atoms with Crippen molar-refractivity contribution in [2.24, 2.45) is 5.92 Å². The zero-order valence-electron chi connectivity index (χ0n) is 21.2. The van der Waals surface area contributed by atoms with E-state index in [9.17, 15) is 14.3 Å². The molecule has 6 nitrogen and oxygen atoms in total. The summed E-state index contributed by atoms with van der Waals surface area (Å²) in [6.07, 6.45) is 7.37. The second-order valence-corrected chi connectivity index (χ2v) is 10.8. The number of Topliss-reactive ketones (excluding diaryl/α,β-unsaturated/α-hetero) is 1. The number of fused-ring (bicyclic) bond motifs is 1. The molecule has 2 aromatic carbocycles. The highest BCUT2D eigenvalue weighted by atomic mass is 35.5. The SMILES string of the molecule is CC(=O)c1cnc2ccc(-c3cc(F)c(O)c(Cl)c3)cc2c1NC1CCC(CCN2CCNCC2)CC1. The minimum absolute atomic E-state index is 0.0437. The number of nitrogens with one attached hydrogen (secondary N) is 2. The molecule has 0 atom stereocenters. The van der Waals surface area contributed by atoms with Crippen LogP contribution < -0.4 is 10.6 Å². The number of benzene rings is 2. The first-order chi connectivity index (χ1) is 17.9. The summed E-state index contributed by atoms with van der Waals surface area (Å²) in [4.78, 5) is 19.6. The Morgan fingerprint density at radius 3 is 2.62 bits per heavy atom. The maximum absolute atomic E-state index is 14.2. The average Bonchev–Trinajstić information content (AvgIpc) is 2.91. The number of halogens is 2. The number of phenolic OH excluding ortho intramolecular Hbond substituents is 1. The molecule has 37 heavy (non-hydrogen) atoms. The Balaban J connectivity index is 1.35. The second kappa shape index (κ2) is 11.3. The van der Waals surface area contributed by atoms with E-state index < -0.39 is 11.6 Å². The fraction of sp³-hybridized carbons (Fsp3) is 0.448. The van der Waals surface area contributed by atoms with E-state index in [1.54, 1.807) is 13.1 Å². The molecule has 2 aliphatic rings. The summed E-state index contributed by atoms with van der Waals surface area (Å²) in [5, 5.41) is 17.6. The molecule has 3 aromatic rings. The molecule has 5 rings (SSSR count). The number of ketones is 1. The van der Waals surface area contributed by atoms with Gasteiger partial charge in [-0.1, -0.05) is 17.7 Å². The molecule has 0 radical (unpaired) electrons. The molecule has 8 heteroatoms. The largest absolute Gasteiger partial charge is 0.504 e. The number of carbonyl (C=O) groups excluding carboxylic acids is 1. The maximum atomic E-state index is 14.2. The third-order valence-corrected chi connectivity index (χ3v) is 8.14. The summed E-state index contributed by atoms with van der Waals surface area (Å²) in [5.74, 6) is -0.635. The average molecular weight is 525 g/mol. The number of phenols is 1. The van der Waals surface area contributed by atoms with E-state index in [0.29, 0.717) is 11.1 Å². The highest BCUT2D eigenvalue weighted by Crippen LogP contribution is 2.37. The van der Waals surface area contributed by atoms with Gasteiger partial charge in [0.05, 0.1) is 21.8 Å². The first-order valence-corrected chi connectivity index (χ1v) is 13.6. The van der Waals surface area contributed by atoms with Crippen molar-refractivity contribution in [3.8, 4) is 16.9 Å². The lowest BCUT2D eigenvalue weighted by atomic mass is 9.83. The summed E-state index contributed by atoms with van der Waals surface area (Å²) in [6, 6.07) is 8.71. The fourth-order valence-corrected chi connectivity index (χ4v) is 5.83. The van der Waals surface area contributed by atoms with Gasteiger partial charge in [0.25, 0.3) is 0 Å². The van der Waals surface area contributed by atoms with Crippen molar-refractivity contribution < 1.29 is 14.3 Å². The zero-order chi connectivity index (χ0) is 25.9. The lowest BCUT2D eigenvalue weighted by Gasteiger charge is -2.33. The Kier molecular flexibility index (Phi) is 7.93. The summed E-state index contributed by atoms with van der Waals surface area (Å²) in [7, 11) is 0. The third-order valence-electron chi connectivity index (χ3n) is 7.86. The Bertz CT molecular complexity index is 1260. The first-order valence-electron chi connectivity index (χ1n) is 13.2. The Morgan fingerprint density at radius 1 is 1.16 bits per heavy atom. The normalized spacial score (nSPS) is 20.7. The van der Waals surface area contributed by atoms with Crippen LogP contribution >= 0.6 is 11.6 Å². The van der Waals surface area contributed by atoms with Gasteiger partial charge in [0.15, 0.2) is 17.3 Å². The van der Waals surface area contributed by atoms with E-state index >= 15 is 0 Å². The Morgan fingerprint density at radius 2 is 1.92 bits per heavy atom. The number of pyridine rings is 1. The molecule has 0 unspecified atom stereocenters. The second-order valence-electron chi connectivity index (χ2n) is 10.4. The van der Waals surface area contributed by atoms with Gasteiger partial charge in [0.2, 0.25) is 0 Å². The van der Waals surface area contributed by atoms with E-state index in [0.717, 1.165) is 67.1 Å². The molecule has 1 aliphatic carbocycles. The number of rotatable bonds is 7. The number of anilines is 1. The smallest absolute Gasteiger partial charge is 0.170 e. The van der Waals surface area contributed by atoms with E-state index in [1.807, 2.05) is 18.2 Å². The van der Waals surface area contributed by atoms with Crippen LogP contribution in [0.4, 0.5) is 10.1 Å².